The van der Waals surface area contributed by atoms with E-state index >= 15 is 0 Å². The van der Waals surface area contributed by atoms with Crippen molar-refractivity contribution in [3.63, 3.8) is 0 Å². The predicted octanol–water partition coefficient (Wildman–Crippen LogP) is 3.69. The molecule has 0 N–H and O–H groups in total. The molecule has 3 heteroatoms. The molecule has 1 atom stereocenters. The van der Waals surface area contributed by atoms with Crippen molar-refractivity contribution in [2.75, 3.05) is 0 Å². The van der Waals surface area contributed by atoms with E-state index in [-0.39, 0.29) is 6.42 Å². The number of pyridine rings is 1. The van der Waals surface area contributed by atoms with Crippen molar-refractivity contribution in [3.8, 4) is 0 Å². The van der Waals surface area contributed by atoms with E-state index in [1.807, 2.05) is 26.0 Å². The van der Waals surface area contributed by atoms with E-state index in [0.717, 1.165) is 16.8 Å². The molecule has 74 valence electrons. The first-order valence-electron chi connectivity index (χ1n) is 4.56. The van der Waals surface area contributed by atoms with Gasteiger partial charge >= 0.3 is 0 Å². The molecule has 0 aromatic carbocycles. The Morgan fingerprint density at radius 1 is 1.50 bits per heavy atom. The number of alkyl halides is 1. The highest BCUT2D eigenvalue weighted by Crippen LogP contribution is 2.36. The van der Waals surface area contributed by atoms with Gasteiger partial charge in [-0.3, -0.25) is 4.98 Å². The van der Waals surface area contributed by atoms with Gasteiger partial charge in [0.05, 0.1) is 5.69 Å². The minimum absolute atomic E-state index is 0.254. The molecule has 0 radical (unpaired) electrons. The Morgan fingerprint density at radius 2 is 2.21 bits per heavy atom. The first kappa shape index (κ1) is 9.66. The molecule has 0 amide bonds. The van der Waals surface area contributed by atoms with Crippen LogP contribution in [0.1, 0.15) is 35.1 Å². The highest BCUT2D eigenvalue weighted by atomic mass is 35.5. The van der Waals surface area contributed by atoms with Crippen LogP contribution < -0.4 is 0 Å². The zero-order chi connectivity index (χ0) is 10.3. The van der Waals surface area contributed by atoms with Gasteiger partial charge in [0.2, 0.25) is 0 Å². The second kappa shape index (κ2) is 3.35. The summed E-state index contributed by atoms with van der Waals surface area (Å²) in [6.45, 7) is 3.83. The van der Waals surface area contributed by atoms with Crippen LogP contribution in [-0.4, -0.2) is 4.98 Å². The number of nitrogens with zero attached hydrogens (tertiary/aromatic N) is 1. The molecular weight excluding hydrogens is 201 g/mol. The Balaban J connectivity index is 2.65. The van der Waals surface area contributed by atoms with Crippen molar-refractivity contribution < 1.29 is 4.39 Å². The lowest BCUT2D eigenvalue weighted by Crippen LogP contribution is -2.06. The number of aromatic nitrogens is 1. The maximum atomic E-state index is 13.6. The third-order valence-electron chi connectivity index (χ3n) is 2.39. The molecule has 0 fully saturated rings. The SMILES string of the molecule is Cc1cc(C)c2c(n1)C(F)CC(Cl)=C2. The summed E-state index contributed by atoms with van der Waals surface area (Å²) < 4.78 is 13.6. The van der Waals surface area contributed by atoms with Crippen molar-refractivity contribution in [1.29, 1.82) is 0 Å². The maximum Gasteiger partial charge on any atom is 0.147 e. The van der Waals surface area contributed by atoms with Crippen LogP contribution in [0, 0.1) is 13.8 Å². The summed E-state index contributed by atoms with van der Waals surface area (Å²) in [7, 11) is 0. The monoisotopic (exact) mass is 211 g/mol. The molecule has 0 bridgehead atoms. The normalized spacial score (nSPS) is 20.3. The van der Waals surface area contributed by atoms with Crippen LogP contribution in [0.5, 0.6) is 0 Å². The minimum Gasteiger partial charge on any atom is -0.254 e. The summed E-state index contributed by atoms with van der Waals surface area (Å²) in [4.78, 5) is 4.21. The maximum absolute atomic E-state index is 13.6. The second-order valence-corrected chi connectivity index (χ2v) is 4.13. The number of allylic oxidation sites excluding steroid dienone is 1. The number of hydrogen-bond donors (Lipinski definition) is 0. The van der Waals surface area contributed by atoms with Gasteiger partial charge in [-0.05, 0) is 31.6 Å². The largest absolute Gasteiger partial charge is 0.254 e. The molecule has 1 unspecified atom stereocenters. The standard InChI is InChI=1S/C11H11ClFN/c1-6-3-7(2)14-11-9(6)4-8(12)5-10(11)13/h3-4,10H,5H2,1-2H3. The molecule has 2 rings (SSSR count). The minimum atomic E-state index is -1.05. The molecule has 1 aromatic heterocycles. The average Bonchev–Trinajstić information content (AvgIpc) is 2.07. The fourth-order valence-electron chi connectivity index (χ4n) is 1.79. The van der Waals surface area contributed by atoms with E-state index in [0.29, 0.717) is 10.7 Å². The molecule has 1 aromatic rings. The third kappa shape index (κ3) is 1.55. The van der Waals surface area contributed by atoms with Gasteiger partial charge in [-0.25, -0.2) is 4.39 Å². The second-order valence-electron chi connectivity index (χ2n) is 3.64. The molecule has 0 saturated heterocycles. The molecule has 1 nitrogen and oxygen atoms in total. The van der Waals surface area contributed by atoms with Crippen molar-refractivity contribution in [2.45, 2.75) is 26.4 Å². The van der Waals surface area contributed by atoms with Crippen LogP contribution in [-0.2, 0) is 0 Å². The van der Waals surface area contributed by atoms with Crippen molar-refractivity contribution in [1.82, 2.24) is 4.98 Å². The first-order valence-corrected chi connectivity index (χ1v) is 4.94. The van der Waals surface area contributed by atoms with Crippen LogP contribution in [0.2, 0.25) is 0 Å². The lowest BCUT2D eigenvalue weighted by molar-refractivity contribution is 0.334. The Bertz CT molecular complexity index is 412. The van der Waals surface area contributed by atoms with E-state index < -0.39 is 6.17 Å². The van der Waals surface area contributed by atoms with E-state index in [4.69, 9.17) is 11.6 Å². The molecule has 0 aliphatic heterocycles. The molecule has 0 saturated carbocycles. The molecule has 1 heterocycles. The lowest BCUT2D eigenvalue weighted by atomic mass is 9.97. The highest BCUT2D eigenvalue weighted by Gasteiger charge is 2.22. The van der Waals surface area contributed by atoms with Crippen LogP contribution >= 0.6 is 11.6 Å². The Kier molecular flexibility index (Phi) is 2.31. The fourth-order valence-corrected chi connectivity index (χ4v) is 2.03. The van der Waals surface area contributed by atoms with Gasteiger partial charge in [0, 0.05) is 22.7 Å². The highest BCUT2D eigenvalue weighted by molar-refractivity contribution is 6.31. The van der Waals surface area contributed by atoms with Crippen LogP contribution in [0.15, 0.2) is 11.1 Å². The molecule has 0 spiro atoms. The molecular formula is C11H11ClFN. The summed E-state index contributed by atoms with van der Waals surface area (Å²) in [5.74, 6) is 0. The first-order chi connectivity index (χ1) is 6.58. The number of rotatable bonds is 0. The average molecular weight is 212 g/mol. The van der Waals surface area contributed by atoms with Crippen molar-refractivity contribution in [3.05, 3.63) is 33.6 Å². The van der Waals surface area contributed by atoms with E-state index in [9.17, 15) is 4.39 Å². The van der Waals surface area contributed by atoms with Crippen molar-refractivity contribution >= 4 is 17.7 Å². The summed E-state index contributed by atoms with van der Waals surface area (Å²) in [5, 5.41) is 0.568. The van der Waals surface area contributed by atoms with E-state index in [1.54, 1.807) is 0 Å². The number of aryl methyl sites for hydroxylation is 2. The molecule has 1 aliphatic carbocycles. The van der Waals surface area contributed by atoms with Gasteiger partial charge in [0.1, 0.15) is 6.17 Å². The van der Waals surface area contributed by atoms with Gasteiger partial charge in [0.25, 0.3) is 0 Å². The van der Waals surface area contributed by atoms with Gasteiger partial charge in [-0.1, -0.05) is 11.6 Å². The van der Waals surface area contributed by atoms with Crippen LogP contribution in [0.3, 0.4) is 0 Å². The third-order valence-corrected chi connectivity index (χ3v) is 2.66. The Hall–Kier alpha value is -0.890. The zero-order valence-electron chi connectivity index (χ0n) is 8.14. The number of hydrogen-bond acceptors (Lipinski definition) is 1. The number of fused-ring (bicyclic) bond motifs is 1. The predicted molar refractivity (Wildman–Crippen MR) is 56.0 cm³/mol. The summed E-state index contributed by atoms with van der Waals surface area (Å²) in [6, 6.07) is 1.94. The van der Waals surface area contributed by atoms with Gasteiger partial charge < -0.3 is 0 Å². The number of halogens is 2. The summed E-state index contributed by atoms with van der Waals surface area (Å²) in [6.07, 6.45) is 1.01. The Morgan fingerprint density at radius 3 is 2.93 bits per heavy atom. The smallest absolute Gasteiger partial charge is 0.147 e. The van der Waals surface area contributed by atoms with Gasteiger partial charge in [0.15, 0.2) is 0 Å². The van der Waals surface area contributed by atoms with Crippen molar-refractivity contribution in [2.24, 2.45) is 0 Å². The van der Waals surface area contributed by atoms with Gasteiger partial charge in [-0.15, -0.1) is 0 Å². The van der Waals surface area contributed by atoms with Crippen LogP contribution in [0.4, 0.5) is 4.39 Å². The summed E-state index contributed by atoms with van der Waals surface area (Å²) >= 11 is 5.84. The lowest BCUT2D eigenvalue weighted by Gasteiger charge is -2.18. The Labute approximate surface area is 87.6 Å². The topological polar surface area (TPSA) is 12.9 Å². The summed E-state index contributed by atoms with van der Waals surface area (Å²) in [5.41, 5.74) is 3.27. The zero-order valence-corrected chi connectivity index (χ0v) is 8.90. The van der Waals surface area contributed by atoms with Gasteiger partial charge in [-0.2, -0.15) is 0 Å². The fraction of sp³-hybridized carbons (Fsp3) is 0.364. The quantitative estimate of drug-likeness (QED) is 0.638. The molecule has 1 aliphatic rings. The van der Waals surface area contributed by atoms with E-state index in [1.165, 1.54) is 0 Å². The van der Waals surface area contributed by atoms with Crippen LogP contribution in [0.25, 0.3) is 6.08 Å². The van der Waals surface area contributed by atoms with E-state index in [2.05, 4.69) is 4.98 Å². The molecule has 14 heavy (non-hydrogen) atoms.